The van der Waals surface area contributed by atoms with E-state index in [1.807, 2.05) is 0 Å². The minimum atomic E-state index is -2.76. The second-order valence-corrected chi connectivity index (χ2v) is 8.91. The predicted octanol–water partition coefficient (Wildman–Crippen LogP) is 3.67. The summed E-state index contributed by atoms with van der Waals surface area (Å²) in [5, 5.41) is 7.92. The van der Waals surface area contributed by atoms with Crippen LogP contribution in [0.1, 0.15) is 35.8 Å². The number of urea groups is 1. The Labute approximate surface area is 181 Å². The second kappa shape index (κ2) is 7.09. The van der Waals surface area contributed by atoms with Gasteiger partial charge >= 0.3 is 6.03 Å². The molecule has 7 nitrogen and oxygen atoms in total. The van der Waals surface area contributed by atoms with Gasteiger partial charge in [0.05, 0.1) is 29.9 Å². The van der Waals surface area contributed by atoms with E-state index < -0.39 is 36.2 Å². The number of rotatable bonds is 3. The Morgan fingerprint density at radius 1 is 1.17 bits per heavy atom. The predicted molar refractivity (Wildman–Crippen MR) is 108 cm³/mol. The molecule has 1 aliphatic carbocycles. The number of hydrogen-bond donors (Lipinski definition) is 2. The van der Waals surface area contributed by atoms with Crippen LogP contribution in [-0.2, 0) is 13.1 Å². The maximum Gasteiger partial charge on any atom is 0.318 e. The van der Waals surface area contributed by atoms with Gasteiger partial charge in [-0.25, -0.2) is 13.6 Å². The number of aromatic nitrogens is 2. The zero-order chi connectivity index (χ0) is 21.8. The Hall–Kier alpha value is -2.39. The van der Waals surface area contributed by atoms with E-state index in [4.69, 9.17) is 28.9 Å². The summed E-state index contributed by atoms with van der Waals surface area (Å²) in [5.41, 5.74) is 6.17. The lowest BCUT2D eigenvalue weighted by molar-refractivity contribution is -0.124. The molecule has 160 valence electrons. The number of fused-ring (bicyclic) bond motifs is 1. The van der Waals surface area contributed by atoms with Crippen molar-refractivity contribution >= 4 is 35.1 Å². The number of nitrogens with one attached hydrogen (secondary N) is 1. The van der Waals surface area contributed by atoms with Gasteiger partial charge in [-0.1, -0.05) is 23.2 Å². The molecule has 30 heavy (non-hydrogen) atoms. The summed E-state index contributed by atoms with van der Waals surface area (Å²) in [6, 6.07) is 4.33. The highest BCUT2D eigenvalue weighted by molar-refractivity contribution is 6.35. The van der Waals surface area contributed by atoms with Crippen LogP contribution >= 0.6 is 23.2 Å². The van der Waals surface area contributed by atoms with Gasteiger partial charge in [0.1, 0.15) is 5.69 Å². The zero-order valence-electron chi connectivity index (χ0n) is 16.0. The third kappa shape index (κ3) is 3.83. The van der Waals surface area contributed by atoms with Crippen molar-refractivity contribution in [3.8, 4) is 11.3 Å². The Morgan fingerprint density at radius 3 is 2.37 bits per heavy atom. The van der Waals surface area contributed by atoms with E-state index in [9.17, 15) is 18.4 Å². The van der Waals surface area contributed by atoms with E-state index in [1.54, 1.807) is 29.8 Å². The maximum absolute atomic E-state index is 13.2. The average Bonchev–Trinajstić information content (AvgIpc) is 2.97. The lowest BCUT2D eigenvalue weighted by Crippen LogP contribution is -2.62. The minimum absolute atomic E-state index is 0.0673. The molecule has 1 aliphatic heterocycles. The third-order valence-corrected chi connectivity index (χ3v) is 5.79. The van der Waals surface area contributed by atoms with Crippen molar-refractivity contribution in [1.82, 2.24) is 20.0 Å². The molecular formula is C19H19Cl2F2N5O2. The van der Waals surface area contributed by atoms with Crippen LogP contribution in [0.5, 0.6) is 0 Å². The van der Waals surface area contributed by atoms with Gasteiger partial charge < -0.3 is 16.0 Å². The largest absolute Gasteiger partial charge is 0.365 e. The topological polar surface area (TPSA) is 93.2 Å². The first-order chi connectivity index (χ1) is 14.0. The molecule has 0 radical (unpaired) electrons. The molecule has 1 aromatic carbocycles. The summed E-state index contributed by atoms with van der Waals surface area (Å²) < 4.78 is 28.1. The molecular weight excluding hydrogens is 439 g/mol. The first kappa shape index (κ1) is 20.9. The van der Waals surface area contributed by atoms with Crippen molar-refractivity contribution in [3.05, 3.63) is 39.5 Å². The maximum atomic E-state index is 13.2. The van der Waals surface area contributed by atoms with Crippen molar-refractivity contribution in [3.63, 3.8) is 0 Å². The number of primary amides is 1. The zero-order valence-corrected chi connectivity index (χ0v) is 17.5. The summed E-state index contributed by atoms with van der Waals surface area (Å²) in [7, 11) is 0. The average molecular weight is 458 g/mol. The fourth-order valence-electron chi connectivity index (χ4n) is 4.16. The molecule has 0 spiro atoms. The van der Waals surface area contributed by atoms with Gasteiger partial charge in [0.2, 0.25) is 0 Å². The normalized spacial score (nSPS) is 19.0. The summed E-state index contributed by atoms with van der Waals surface area (Å²) in [6.07, 6.45) is -0.798. The molecule has 2 aromatic rings. The van der Waals surface area contributed by atoms with Crippen LogP contribution < -0.4 is 11.1 Å². The summed E-state index contributed by atoms with van der Waals surface area (Å²) in [4.78, 5) is 26.4. The number of nitrogens with zero attached hydrogens (tertiary/aromatic N) is 3. The van der Waals surface area contributed by atoms with Gasteiger partial charge in [-0.3, -0.25) is 9.48 Å². The van der Waals surface area contributed by atoms with Crippen LogP contribution in [0.4, 0.5) is 13.6 Å². The number of halogens is 4. The molecule has 1 saturated carbocycles. The quantitative estimate of drug-likeness (QED) is 0.735. The van der Waals surface area contributed by atoms with Crippen LogP contribution in [0.3, 0.4) is 0 Å². The summed E-state index contributed by atoms with van der Waals surface area (Å²) >= 11 is 12.1. The third-order valence-electron chi connectivity index (χ3n) is 5.36. The molecule has 11 heteroatoms. The summed E-state index contributed by atoms with van der Waals surface area (Å²) in [6.45, 7) is 2.29. The van der Waals surface area contributed by atoms with Gasteiger partial charge in [-0.2, -0.15) is 5.10 Å². The molecule has 1 aromatic heterocycles. The molecule has 0 atom stereocenters. The van der Waals surface area contributed by atoms with Gasteiger partial charge in [0.15, 0.2) is 0 Å². The van der Waals surface area contributed by atoms with E-state index in [1.165, 1.54) is 4.90 Å². The number of alkyl halides is 2. The Balaban J connectivity index is 1.61. The van der Waals surface area contributed by atoms with Crippen molar-refractivity contribution in [2.45, 2.75) is 44.3 Å². The molecule has 3 N–H and O–H groups in total. The van der Waals surface area contributed by atoms with Crippen LogP contribution in [0, 0.1) is 0 Å². The molecule has 0 bridgehead atoms. The van der Waals surface area contributed by atoms with Crippen molar-refractivity contribution in [2.24, 2.45) is 5.73 Å². The number of carbonyl (C=O) groups is 2. The molecule has 0 saturated heterocycles. The van der Waals surface area contributed by atoms with Crippen LogP contribution in [0.15, 0.2) is 18.2 Å². The fraction of sp³-hybridized carbons (Fsp3) is 0.421. The highest BCUT2D eigenvalue weighted by Gasteiger charge is 2.54. The molecule has 0 unspecified atom stereocenters. The van der Waals surface area contributed by atoms with Crippen molar-refractivity contribution in [2.75, 3.05) is 6.54 Å². The monoisotopic (exact) mass is 457 g/mol. The lowest BCUT2D eigenvalue weighted by Gasteiger charge is -2.46. The van der Waals surface area contributed by atoms with E-state index >= 15 is 0 Å². The molecule has 1 fully saturated rings. The minimum Gasteiger partial charge on any atom is -0.365 e. The molecule has 2 heterocycles. The van der Waals surface area contributed by atoms with Crippen LogP contribution in [0.25, 0.3) is 11.3 Å². The Bertz CT molecular complexity index is 1030. The highest BCUT2D eigenvalue weighted by atomic mass is 35.5. The highest BCUT2D eigenvalue weighted by Crippen LogP contribution is 2.45. The SMILES string of the molecule is CC1(NC(=O)N2CCn3nc(-c4cc(Cl)cc(Cl)c4)c(C(N)=O)c3C2)CC(F)(F)C1. The number of carbonyl (C=O) groups excluding carboxylic acids is 2. The number of hydrogen-bond acceptors (Lipinski definition) is 3. The summed E-state index contributed by atoms with van der Waals surface area (Å²) in [5.74, 6) is -3.45. The van der Waals surface area contributed by atoms with E-state index in [2.05, 4.69) is 10.4 Å². The second-order valence-electron chi connectivity index (χ2n) is 8.04. The van der Waals surface area contributed by atoms with E-state index in [0.29, 0.717) is 40.1 Å². The Kier molecular flexibility index (Phi) is 4.93. The first-order valence-electron chi connectivity index (χ1n) is 9.27. The Morgan fingerprint density at radius 2 is 1.80 bits per heavy atom. The fourth-order valence-corrected chi connectivity index (χ4v) is 4.68. The van der Waals surface area contributed by atoms with Crippen molar-refractivity contribution in [1.29, 1.82) is 0 Å². The standard InChI is InChI=1S/C19H19Cl2F2N5O2/c1-18(8-19(22,23)9-18)25-17(30)27-2-3-28-13(7-27)14(16(24)29)15(26-28)10-4-11(20)6-12(21)5-10/h4-6H,2-3,7-9H2,1H3,(H2,24,29)(H,25,30). The van der Waals surface area contributed by atoms with Gasteiger partial charge in [-0.15, -0.1) is 0 Å². The molecule has 2 aliphatic rings. The van der Waals surface area contributed by atoms with Crippen LogP contribution in [-0.4, -0.2) is 44.6 Å². The van der Waals surface area contributed by atoms with Crippen LogP contribution in [0.2, 0.25) is 10.0 Å². The molecule has 3 amide bonds. The van der Waals surface area contributed by atoms with Gasteiger partial charge in [-0.05, 0) is 25.1 Å². The van der Waals surface area contributed by atoms with E-state index in [0.717, 1.165) is 0 Å². The first-order valence-corrected chi connectivity index (χ1v) is 10.0. The van der Waals surface area contributed by atoms with E-state index in [-0.39, 0.29) is 12.1 Å². The number of amides is 3. The smallest absolute Gasteiger partial charge is 0.318 e. The number of benzene rings is 1. The molecule has 4 rings (SSSR count). The van der Waals surface area contributed by atoms with Crippen molar-refractivity contribution < 1.29 is 18.4 Å². The number of nitrogens with two attached hydrogens (primary N) is 1. The van der Waals surface area contributed by atoms with Gasteiger partial charge in [0.25, 0.3) is 11.8 Å². The lowest BCUT2D eigenvalue weighted by atomic mass is 9.75. The van der Waals surface area contributed by atoms with Gasteiger partial charge in [0, 0.05) is 35.0 Å².